The highest BCUT2D eigenvalue weighted by Gasteiger charge is 2.33. The molecule has 0 aromatic heterocycles. The Balaban J connectivity index is 1.53. The smallest absolute Gasteiger partial charge is 0.261 e. The molecule has 2 heterocycles. The van der Waals surface area contributed by atoms with Crippen molar-refractivity contribution in [3.63, 3.8) is 0 Å². The van der Waals surface area contributed by atoms with Crippen molar-refractivity contribution in [3.05, 3.63) is 47.5 Å². The van der Waals surface area contributed by atoms with Crippen LogP contribution in [0.5, 0.6) is 0 Å². The number of carbonyl (C=O) groups excluding carboxylic acids is 3. The van der Waals surface area contributed by atoms with Crippen molar-refractivity contribution in [2.24, 2.45) is 5.92 Å². The van der Waals surface area contributed by atoms with E-state index in [4.69, 9.17) is 0 Å². The Labute approximate surface area is 152 Å². The zero-order valence-electron chi connectivity index (χ0n) is 14.9. The molecule has 0 aliphatic carbocycles. The number of rotatable bonds is 3. The summed E-state index contributed by atoms with van der Waals surface area (Å²) in [6.45, 7) is 3.87. The molecule has 1 fully saturated rings. The van der Waals surface area contributed by atoms with Crippen molar-refractivity contribution < 1.29 is 14.4 Å². The van der Waals surface area contributed by atoms with Crippen LogP contribution in [0.4, 0.5) is 0 Å². The van der Waals surface area contributed by atoms with Crippen molar-refractivity contribution in [2.45, 2.75) is 26.2 Å². The van der Waals surface area contributed by atoms with Crippen LogP contribution in [0.2, 0.25) is 0 Å². The zero-order valence-corrected chi connectivity index (χ0v) is 14.9. The van der Waals surface area contributed by atoms with E-state index in [0.717, 1.165) is 36.7 Å². The van der Waals surface area contributed by atoms with Gasteiger partial charge in [-0.3, -0.25) is 19.3 Å². The van der Waals surface area contributed by atoms with Gasteiger partial charge in [-0.2, -0.15) is 0 Å². The average molecular weight is 350 g/mol. The van der Waals surface area contributed by atoms with E-state index < -0.39 is 0 Å². The highest BCUT2D eigenvalue weighted by atomic mass is 16.2. The van der Waals surface area contributed by atoms with Gasteiger partial charge in [-0.25, -0.2) is 0 Å². The molecule has 1 saturated heterocycles. The Morgan fingerprint density at radius 3 is 2.15 bits per heavy atom. The minimum Gasteiger partial charge on any atom is -0.343 e. The number of nitrogens with zero attached hydrogens (tertiary/aromatic N) is 2. The molecule has 0 radical (unpaired) electrons. The zero-order chi connectivity index (χ0) is 18.3. The Bertz CT molecular complexity index is 847. The summed E-state index contributed by atoms with van der Waals surface area (Å²) in [7, 11) is 0. The third kappa shape index (κ3) is 2.77. The lowest BCUT2D eigenvalue weighted by molar-refractivity contribution is -0.132. The topological polar surface area (TPSA) is 57.7 Å². The molecule has 3 amide bonds. The first-order valence-electron chi connectivity index (χ1n) is 9.22. The van der Waals surface area contributed by atoms with E-state index in [9.17, 15) is 14.4 Å². The highest BCUT2D eigenvalue weighted by Crippen LogP contribution is 2.30. The van der Waals surface area contributed by atoms with Crippen molar-refractivity contribution in [2.75, 3.05) is 19.6 Å². The molecule has 0 saturated carbocycles. The summed E-state index contributed by atoms with van der Waals surface area (Å²) in [5, 5.41) is 1.61. The summed E-state index contributed by atoms with van der Waals surface area (Å²) >= 11 is 0. The van der Waals surface area contributed by atoms with Crippen LogP contribution in [0.25, 0.3) is 10.8 Å². The minimum atomic E-state index is -0.306. The predicted molar refractivity (Wildman–Crippen MR) is 98.9 cm³/mol. The van der Waals surface area contributed by atoms with Crippen molar-refractivity contribution in [1.82, 2.24) is 9.80 Å². The van der Waals surface area contributed by atoms with Crippen LogP contribution in [0.15, 0.2) is 36.4 Å². The van der Waals surface area contributed by atoms with E-state index >= 15 is 0 Å². The number of hydrogen-bond donors (Lipinski definition) is 0. The number of imide groups is 1. The third-order valence-electron chi connectivity index (χ3n) is 5.54. The Kier molecular flexibility index (Phi) is 4.23. The van der Waals surface area contributed by atoms with Crippen molar-refractivity contribution >= 4 is 28.5 Å². The molecule has 2 aromatic carbocycles. The van der Waals surface area contributed by atoms with Gasteiger partial charge in [-0.1, -0.05) is 31.2 Å². The molecular weight excluding hydrogens is 328 g/mol. The maximum Gasteiger partial charge on any atom is 0.261 e. The first-order valence-corrected chi connectivity index (χ1v) is 9.22. The molecule has 0 atom stereocenters. The fourth-order valence-corrected chi connectivity index (χ4v) is 3.91. The number of hydrogen-bond acceptors (Lipinski definition) is 3. The minimum absolute atomic E-state index is 0.0227. The van der Waals surface area contributed by atoms with E-state index in [1.165, 1.54) is 4.90 Å². The molecule has 134 valence electrons. The maximum absolute atomic E-state index is 12.8. The van der Waals surface area contributed by atoms with E-state index in [0.29, 0.717) is 17.0 Å². The molecule has 5 nitrogen and oxygen atoms in total. The first-order chi connectivity index (χ1) is 12.6. The standard InChI is InChI=1S/C21H22N2O3/c1-14-8-11-22(12-9-14)18(24)10-13-23-20(25)16-6-2-4-15-5-3-7-17(19(15)16)21(23)26/h2-7,14H,8-13H2,1H3. The Morgan fingerprint density at radius 1 is 1.00 bits per heavy atom. The van der Waals surface area contributed by atoms with Crippen LogP contribution in [0.1, 0.15) is 46.9 Å². The van der Waals surface area contributed by atoms with Gasteiger partial charge in [-0.15, -0.1) is 0 Å². The number of carbonyl (C=O) groups is 3. The van der Waals surface area contributed by atoms with Gasteiger partial charge < -0.3 is 4.90 Å². The van der Waals surface area contributed by atoms with Crippen molar-refractivity contribution in [3.8, 4) is 0 Å². The lowest BCUT2D eigenvalue weighted by atomic mass is 9.94. The van der Waals surface area contributed by atoms with Gasteiger partial charge in [0.15, 0.2) is 0 Å². The van der Waals surface area contributed by atoms with Gasteiger partial charge in [0.1, 0.15) is 0 Å². The number of amides is 3. The Hall–Kier alpha value is -2.69. The van der Waals surface area contributed by atoms with Crippen LogP contribution < -0.4 is 0 Å². The molecule has 26 heavy (non-hydrogen) atoms. The van der Waals surface area contributed by atoms with E-state index in [1.807, 2.05) is 29.2 Å². The van der Waals surface area contributed by atoms with Crippen molar-refractivity contribution in [1.29, 1.82) is 0 Å². The maximum atomic E-state index is 12.8. The van der Waals surface area contributed by atoms with E-state index in [-0.39, 0.29) is 30.7 Å². The van der Waals surface area contributed by atoms with Crippen LogP contribution in [0, 0.1) is 5.92 Å². The summed E-state index contributed by atoms with van der Waals surface area (Å²) in [4.78, 5) is 41.2. The highest BCUT2D eigenvalue weighted by molar-refractivity contribution is 6.25. The summed E-state index contributed by atoms with van der Waals surface area (Å²) in [6.07, 6.45) is 2.22. The second kappa shape index (κ2) is 6.56. The molecule has 0 bridgehead atoms. The van der Waals surface area contributed by atoms with Gasteiger partial charge >= 0.3 is 0 Å². The van der Waals surface area contributed by atoms with Crippen LogP contribution in [-0.4, -0.2) is 47.2 Å². The van der Waals surface area contributed by atoms with Gasteiger partial charge in [-0.05, 0) is 36.3 Å². The summed E-state index contributed by atoms with van der Waals surface area (Å²) in [5.41, 5.74) is 1.08. The van der Waals surface area contributed by atoms with E-state index in [1.54, 1.807) is 12.1 Å². The first kappa shape index (κ1) is 16.8. The monoisotopic (exact) mass is 350 g/mol. The number of benzene rings is 2. The summed E-state index contributed by atoms with van der Waals surface area (Å²) in [5.74, 6) is 0.0644. The summed E-state index contributed by atoms with van der Waals surface area (Å²) in [6, 6.07) is 11.0. The predicted octanol–water partition coefficient (Wildman–Crippen LogP) is 3.08. The summed E-state index contributed by atoms with van der Waals surface area (Å²) < 4.78 is 0. The van der Waals surface area contributed by atoms with Crippen LogP contribution in [0.3, 0.4) is 0 Å². The number of piperidine rings is 1. The number of likely N-dealkylation sites (tertiary alicyclic amines) is 1. The van der Waals surface area contributed by atoms with Crippen LogP contribution >= 0.6 is 0 Å². The van der Waals surface area contributed by atoms with Crippen LogP contribution in [-0.2, 0) is 4.79 Å². The van der Waals surface area contributed by atoms with Gasteiger partial charge in [0, 0.05) is 42.6 Å². The van der Waals surface area contributed by atoms with Gasteiger partial charge in [0.05, 0.1) is 0 Å². The molecule has 2 aliphatic rings. The second-order valence-electron chi connectivity index (χ2n) is 7.28. The molecule has 5 heteroatoms. The average Bonchev–Trinajstić information content (AvgIpc) is 2.66. The molecule has 2 aliphatic heterocycles. The Morgan fingerprint density at radius 2 is 1.58 bits per heavy atom. The second-order valence-corrected chi connectivity index (χ2v) is 7.28. The third-order valence-corrected chi connectivity index (χ3v) is 5.54. The molecule has 0 unspecified atom stereocenters. The lowest BCUT2D eigenvalue weighted by Crippen LogP contribution is -2.44. The fraction of sp³-hybridized carbons (Fsp3) is 0.381. The molecule has 0 spiro atoms. The molecule has 4 rings (SSSR count). The normalized spacial score (nSPS) is 17.9. The largest absolute Gasteiger partial charge is 0.343 e. The molecular formula is C21H22N2O3. The molecule has 0 N–H and O–H groups in total. The van der Waals surface area contributed by atoms with E-state index in [2.05, 4.69) is 6.92 Å². The lowest BCUT2D eigenvalue weighted by Gasteiger charge is -2.31. The van der Waals surface area contributed by atoms with Gasteiger partial charge in [0.2, 0.25) is 5.91 Å². The molecule has 2 aromatic rings. The SMILES string of the molecule is CC1CCN(C(=O)CCN2C(=O)c3cccc4cccc(c34)C2=O)CC1. The fourth-order valence-electron chi connectivity index (χ4n) is 3.91. The quantitative estimate of drug-likeness (QED) is 0.800. The van der Waals surface area contributed by atoms with Gasteiger partial charge in [0.25, 0.3) is 11.8 Å².